The number of hydrogen-bond donors (Lipinski definition) is 1. The number of rotatable bonds is 5. The minimum Gasteiger partial charge on any atom is -0.350 e. The van der Waals surface area contributed by atoms with Gasteiger partial charge in [0.15, 0.2) is 0 Å². The Morgan fingerprint density at radius 1 is 0.800 bits per heavy atom. The van der Waals surface area contributed by atoms with Gasteiger partial charge < -0.3 is 5.32 Å². The van der Waals surface area contributed by atoms with Crippen LogP contribution in [-0.4, -0.2) is 11.8 Å². The van der Waals surface area contributed by atoms with Crippen molar-refractivity contribution >= 4 is 40.4 Å². The molecule has 150 valence electrons. The molecular weight excluding hydrogens is 396 g/mol. The van der Waals surface area contributed by atoms with Gasteiger partial charge in [-0.15, -0.1) is 0 Å². The molecule has 4 nitrogen and oxygen atoms in total. The first kappa shape index (κ1) is 19.9. The van der Waals surface area contributed by atoms with Crippen molar-refractivity contribution in [3.8, 4) is 0 Å². The first-order chi connectivity index (χ1) is 14.5. The van der Waals surface area contributed by atoms with Gasteiger partial charge in [-0.25, -0.2) is 4.90 Å². The molecule has 30 heavy (non-hydrogen) atoms. The van der Waals surface area contributed by atoms with Gasteiger partial charge in [-0.3, -0.25) is 9.59 Å². The molecule has 0 saturated carbocycles. The highest BCUT2D eigenvalue weighted by Gasteiger charge is 2.40. The molecule has 1 aliphatic heterocycles. The van der Waals surface area contributed by atoms with Crippen LogP contribution in [0.3, 0.4) is 0 Å². The van der Waals surface area contributed by atoms with E-state index in [1.807, 2.05) is 54.6 Å². The van der Waals surface area contributed by atoms with Crippen LogP contribution in [0.1, 0.15) is 30.9 Å². The summed E-state index contributed by atoms with van der Waals surface area (Å²) in [6.07, 6.45) is 0. The van der Waals surface area contributed by atoms with E-state index >= 15 is 0 Å². The van der Waals surface area contributed by atoms with Crippen LogP contribution in [0.15, 0.2) is 84.6 Å². The fourth-order valence-corrected chi connectivity index (χ4v) is 3.69. The van der Waals surface area contributed by atoms with E-state index < -0.39 is 11.8 Å². The van der Waals surface area contributed by atoms with Gasteiger partial charge in [0.05, 0.1) is 16.3 Å². The van der Waals surface area contributed by atoms with E-state index in [1.54, 1.807) is 24.3 Å². The van der Waals surface area contributed by atoms with Gasteiger partial charge in [0.1, 0.15) is 5.70 Å². The van der Waals surface area contributed by atoms with Crippen LogP contribution in [0.4, 0.5) is 11.4 Å². The quantitative estimate of drug-likeness (QED) is 0.530. The van der Waals surface area contributed by atoms with E-state index in [0.717, 1.165) is 10.6 Å². The third kappa shape index (κ3) is 3.62. The van der Waals surface area contributed by atoms with Gasteiger partial charge >= 0.3 is 0 Å². The molecule has 0 spiro atoms. The molecule has 0 saturated heterocycles. The van der Waals surface area contributed by atoms with Gasteiger partial charge in [0, 0.05) is 5.69 Å². The third-order valence-corrected chi connectivity index (χ3v) is 5.41. The molecule has 0 atom stereocenters. The number of carbonyl (C=O) groups is 2. The number of nitrogens with zero attached hydrogens (tertiary/aromatic N) is 1. The molecule has 2 amide bonds. The predicted octanol–water partition coefficient (Wildman–Crippen LogP) is 5.86. The summed E-state index contributed by atoms with van der Waals surface area (Å²) in [5, 5.41) is 3.52. The maximum atomic E-state index is 13.4. The lowest BCUT2D eigenvalue weighted by atomic mass is 10.0. The highest BCUT2D eigenvalue weighted by molar-refractivity contribution is 6.48. The van der Waals surface area contributed by atoms with Crippen molar-refractivity contribution in [1.82, 2.24) is 0 Å². The Morgan fingerprint density at radius 3 is 2.07 bits per heavy atom. The lowest BCUT2D eigenvalue weighted by Gasteiger charge is -2.16. The summed E-state index contributed by atoms with van der Waals surface area (Å²) in [7, 11) is 0. The maximum absolute atomic E-state index is 13.4. The molecule has 0 radical (unpaired) electrons. The van der Waals surface area contributed by atoms with Crippen LogP contribution in [0.2, 0.25) is 5.02 Å². The Hall–Kier alpha value is -3.37. The smallest absolute Gasteiger partial charge is 0.282 e. The molecule has 0 unspecified atom stereocenters. The second kappa shape index (κ2) is 8.17. The summed E-state index contributed by atoms with van der Waals surface area (Å²) >= 11 is 6.30. The molecule has 0 bridgehead atoms. The van der Waals surface area contributed by atoms with Crippen molar-refractivity contribution in [2.24, 2.45) is 0 Å². The Bertz CT molecular complexity index is 1140. The summed E-state index contributed by atoms with van der Waals surface area (Å²) in [4.78, 5) is 27.9. The third-order valence-electron chi connectivity index (χ3n) is 5.09. The SMILES string of the molecule is CC(C)c1ccc(NC2=C(c3ccccc3)C(=O)N(c3ccccc3Cl)C2=O)cc1. The van der Waals surface area contributed by atoms with Gasteiger partial charge in [0.25, 0.3) is 11.8 Å². The lowest BCUT2D eigenvalue weighted by molar-refractivity contribution is -0.120. The van der Waals surface area contributed by atoms with E-state index in [-0.39, 0.29) is 5.70 Å². The van der Waals surface area contributed by atoms with E-state index in [4.69, 9.17) is 11.6 Å². The number of nitrogens with one attached hydrogen (secondary N) is 1. The van der Waals surface area contributed by atoms with Crippen molar-refractivity contribution in [3.63, 3.8) is 0 Å². The Kier molecular flexibility index (Phi) is 5.42. The normalized spacial score (nSPS) is 14.1. The predicted molar refractivity (Wildman–Crippen MR) is 121 cm³/mol. The maximum Gasteiger partial charge on any atom is 0.282 e. The number of hydrogen-bond acceptors (Lipinski definition) is 3. The van der Waals surface area contributed by atoms with E-state index in [9.17, 15) is 9.59 Å². The van der Waals surface area contributed by atoms with Crippen LogP contribution in [-0.2, 0) is 9.59 Å². The number of anilines is 2. The minimum atomic E-state index is -0.431. The zero-order chi connectivity index (χ0) is 21.3. The van der Waals surface area contributed by atoms with Crippen molar-refractivity contribution in [3.05, 3.63) is 101 Å². The molecule has 0 fully saturated rings. The molecule has 5 heteroatoms. The summed E-state index contributed by atoms with van der Waals surface area (Å²) in [5.74, 6) is -0.427. The molecular formula is C25H21ClN2O2. The van der Waals surface area contributed by atoms with Crippen LogP contribution >= 0.6 is 11.6 Å². The first-order valence-corrected chi connectivity index (χ1v) is 10.1. The summed E-state index contributed by atoms with van der Waals surface area (Å²) in [5.41, 5.74) is 3.55. The summed E-state index contributed by atoms with van der Waals surface area (Å²) < 4.78 is 0. The average molecular weight is 417 g/mol. The Labute approximate surface area is 180 Å². The monoisotopic (exact) mass is 416 g/mol. The first-order valence-electron chi connectivity index (χ1n) is 9.77. The zero-order valence-electron chi connectivity index (χ0n) is 16.7. The molecule has 1 N–H and O–H groups in total. The molecule has 0 aliphatic carbocycles. The van der Waals surface area contributed by atoms with Crippen LogP contribution < -0.4 is 10.2 Å². The second-order valence-corrected chi connectivity index (χ2v) is 7.82. The standard InChI is InChI=1S/C25H21ClN2O2/c1-16(2)17-12-14-19(15-13-17)27-23-22(18-8-4-3-5-9-18)24(29)28(25(23)30)21-11-7-6-10-20(21)26/h3-16,27H,1-2H3. The molecule has 4 rings (SSSR count). The Morgan fingerprint density at radius 2 is 1.43 bits per heavy atom. The average Bonchev–Trinajstić information content (AvgIpc) is 2.99. The lowest BCUT2D eigenvalue weighted by Crippen LogP contribution is -2.32. The molecule has 0 aromatic heterocycles. The minimum absolute atomic E-state index is 0.239. The molecule has 3 aromatic carbocycles. The number of benzene rings is 3. The molecule has 3 aromatic rings. The Balaban J connectivity index is 1.78. The highest BCUT2D eigenvalue weighted by atomic mass is 35.5. The van der Waals surface area contributed by atoms with Gasteiger partial charge in [0.2, 0.25) is 0 Å². The van der Waals surface area contributed by atoms with Gasteiger partial charge in [-0.2, -0.15) is 0 Å². The second-order valence-electron chi connectivity index (χ2n) is 7.41. The summed E-state index contributed by atoms with van der Waals surface area (Å²) in [6, 6.07) is 23.9. The highest BCUT2D eigenvalue weighted by Crippen LogP contribution is 2.36. The summed E-state index contributed by atoms with van der Waals surface area (Å²) in [6.45, 7) is 4.25. The van der Waals surface area contributed by atoms with Crippen molar-refractivity contribution < 1.29 is 9.59 Å². The number of imide groups is 1. The van der Waals surface area contributed by atoms with Crippen molar-refractivity contribution in [2.75, 3.05) is 10.2 Å². The molecule has 1 aliphatic rings. The fraction of sp³-hybridized carbons (Fsp3) is 0.120. The van der Waals surface area contributed by atoms with Crippen molar-refractivity contribution in [2.45, 2.75) is 19.8 Å². The van der Waals surface area contributed by atoms with Crippen molar-refractivity contribution in [1.29, 1.82) is 0 Å². The van der Waals surface area contributed by atoms with Gasteiger partial charge in [-0.05, 0) is 41.3 Å². The number of para-hydroxylation sites is 1. The van der Waals surface area contributed by atoms with Crippen LogP contribution in [0.25, 0.3) is 5.57 Å². The number of carbonyl (C=O) groups excluding carboxylic acids is 2. The van der Waals surface area contributed by atoms with E-state index in [1.165, 1.54) is 5.56 Å². The zero-order valence-corrected chi connectivity index (χ0v) is 17.5. The van der Waals surface area contributed by atoms with E-state index in [0.29, 0.717) is 27.8 Å². The number of halogens is 1. The largest absolute Gasteiger partial charge is 0.350 e. The fourth-order valence-electron chi connectivity index (χ4n) is 3.47. The number of amides is 2. The topological polar surface area (TPSA) is 49.4 Å². The molecule has 1 heterocycles. The van der Waals surface area contributed by atoms with E-state index in [2.05, 4.69) is 19.2 Å². The van der Waals surface area contributed by atoms with Gasteiger partial charge in [-0.1, -0.05) is 80.0 Å². The van der Waals surface area contributed by atoms with Crippen LogP contribution in [0.5, 0.6) is 0 Å². The van der Waals surface area contributed by atoms with Crippen LogP contribution in [0, 0.1) is 0 Å².